The second kappa shape index (κ2) is 7.77. The van der Waals surface area contributed by atoms with Crippen LogP contribution in [0.2, 0.25) is 0 Å². The zero-order valence-corrected chi connectivity index (χ0v) is 14.7. The number of carbonyl (C=O) groups excluding carboxylic acids is 1. The van der Waals surface area contributed by atoms with Gasteiger partial charge < -0.3 is 16.0 Å². The Labute approximate surface area is 154 Å². The van der Waals surface area contributed by atoms with Gasteiger partial charge in [-0.2, -0.15) is 4.98 Å². The van der Waals surface area contributed by atoms with Crippen LogP contribution < -0.4 is 16.0 Å². The van der Waals surface area contributed by atoms with E-state index in [4.69, 9.17) is 0 Å². The third-order valence-electron chi connectivity index (χ3n) is 3.51. The molecule has 0 bridgehead atoms. The molecule has 0 aliphatic heterocycles. The number of anilines is 5. The van der Waals surface area contributed by atoms with E-state index in [2.05, 4.69) is 25.9 Å². The normalized spacial score (nSPS) is 10.4. The van der Waals surface area contributed by atoms with E-state index in [1.54, 1.807) is 37.3 Å². The standard InChI is InChI=1S/C19H17F2N5O/c1-11-9-18(24-14-5-3-13(4-6-14)23-12(2)27)26-19(22-11)25-15-7-8-16(20)17(21)10-15/h3-10H,1-2H3,(H,23,27)(H2,22,24,25,26). The van der Waals surface area contributed by atoms with E-state index in [-0.39, 0.29) is 11.9 Å². The van der Waals surface area contributed by atoms with Gasteiger partial charge in [0, 0.05) is 41.8 Å². The van der Waals surface area contributed by atoms with Crippen molar-refractivity contribution in [2.45, 2.75) is 13.8 Å². The molecule has 1 amide bonds. The molecule has 1 heterocycles. The summed E-state index contributed by atoms with van der Waals surface area (Å²) in [5.41, 5.74) is 2.48. The summed E-state index contributed by atoms with van der Waals surface area (Å²) in [6, 6.07) is 12.3. The number of nitrogens with one attached hydrogen (secondary N) is 3. The van der Waals surface area contributed by atoms with Gasteiger partial charge in [-0.15, -0.1) is 0 Å². The number of aryl methyl sites for hydroxylation is 1. The molecule has 0 unspecified atom stereocenters. The summed E-state index contributed by atoms with van der Waals surface area (Å²) < 4.78 is 26.4. The average Bonchev–Trinajstić information content (AvgIpc) is 2.59. The predicted molar refractivity (Wildman–Crippen MR) is 100 cm³/mol. The van der Waals surface area contributed by atoms with Crippen LogP contribution in [0.3, 0.4) is 0 Å². The number of nitrogens with zero attached hydrogens (tertiary/aromatic N) is 2. The second-order valence-corrected chi connectivity index (χ2v) is 5.86. The van der Waals surface area contributed by atoms with Crippen molar-refractivity contribution in [3.05, 3.63) is 65.9 Å². The van der Waals surface area contributed by atoms with Crippen molar-refractivity contribution in [1.29, 1.82) is 0 Å². The van der Waals surface area contributed by atoms with Gasteiger partial charge in [0.1, 0.15) is 5.82 Å². The number of benzene rings is 2. The minimum atomic E-state index is -0.953. The van der Waals surface area contributed by atoms with Crippen LogP contribution in [0.5, 0.6) is 0 Å². The lowest BCUT2D eigenvalue weighted by Gasteiger charge is -2.11. The quantitative estimate of drug-likeness (QED) is 0.617. The highest BCUT2D eigenvalue weighted by atomic mass is 19.2. The van der Waals surface area contributed by atoms with Crippen LogP contribution in [0.25, 0.3) is 0 Å². The van der Waals surface area contributed by atoms with E-state index < -0.39 is 11.6 Å². The van der Waals surface area contributed by atoms with E-state index in [0.717, 1.165) is 17.8 Å². The molecule has 3 rings (SSSR count). The molecule has 0 aliphatic rings. The van der Waals surface area contributed by atoms with Gasteiger partial charge in [-0.1, -0.05) is 0 Å². The van der Waals surface area contributed by atoms with Crippen molar-refractivity contribution in [2.24, 2.45) is 0 Å². The summed E-state index contributed by atoms with van der Waals surface area (Å²) >= 11 is 0. The number of carbonyl (C=O) groups is 1. The molecule has 27 heavy (non-hydrogen) atoms. The Bertz CT molecular complexity index is 976. The lowest BCUT2D eigenvalue weighted by molar-refractivity contribution is -0.114. The Balaban J connectivity index is 1.76. The minimum Gasteiger partial charge on any atom is -0.340 e. The predicted octanol–water partition coefficient (Wildman–Crippen LogP) is 4.51. The maximum absolute atomic E-state index is 13.3. The summed E-state index contributed by atoms with van der Waals surface area (Å²) in [6.07, 6.45) is 0. The first-order valence-electron chi connectivity index (χ1n) is 8.11. The summed E-state index contributed by atoms with van der Waals surface area (Å²) in [6.45, 7) is 3.24. The fourth-order valence-corrected chi connectivity index (χ4v) is 2.38. The summed E-state index contributed by atoms with van der Waals surface area (Å²) in [4.78, 5) is 19.6. The van der Waals surface area contributed by atoms with E-state index in [0.29, 0.717) is 22.9 Å². The van der Waals surface area contributed by atoms with Gasteiger partial charge in [-0.05, 0) is 43.3 Å². The van der Waals surface area contributed by atoms with Crippen molar-refractivity contribution in [3.63, 3.8) is 0 Å². The zero-order chi connectivity index (χ0) is 19.4. The second-order valence-electron chi connectivity index (χ2n) is 5.86. The Morgan fingerprint density at radius 1 is 0.852 bits per heavy atom. The van der Waals surface area contributed by atoms with Gasteiger partial charge in [0.2, 0.25) is 11.9 Å². The molecular weight excluding hydrogens is 352 g/mol. The van der Waals surface area contributed by atoms with Crippen LogP contribution in [0.1, 0.15) is 12.6 Å². The van der Waals surface area contributed by atoms with Gasteiger partial charge in [-0.25, -0.2) is 13.8 Å². The van der Waals surface area contributed by atoms with Crippen molar-refractivity contribution in [2.75, 3.05) is 16.0 Å². The van der Waals surface area contributed by atoms with Gasteiger partial charge in [0.25, 0.3) is 0 Å². The summed E-state index contributed by atoms with van der Waals surface area (Å²) in [7, 11) is 0. The van der Waals surface area contributed by atoms with Crippen LogP contribution in [-0.2, 0) is 4.79 Å². The Kier molecular flexibility index (Phi) is 5.25. The topological polar surface area (TPSA) is 78.9 Å². The highest BCUT2D eigenvalue weighted by molar-refractivity contribution is 5.88. The van der Waals surface area contributed by atoms with Crippen LogP contribution in [0.15, 0.2) is 48.5 Å². The molecule has 3 aromatic rings. The summed E-state index contributed by atoms with van der Waals surface area (Å²) in [5.74, 6) is -1.24. The maximum atomic E-state index is 13.3. The van der Waals surface area contributed by atoms with E-state index in [1.807, 2.05) is 0 Å². The van der Waals surface area contributed by atoms with Crippen molar-refractivity contribution < 1.29 is 13.6 Å². The number of rotatable bonds is 5. The minimum absolute atomic E-state index is 0.143. The molecule has 0 saturated carbocycles. The van der Waals surface area contributed by atoms with E-state index in [1.165, 1.54) is 13.0 Å². The maximum Gasteiger partial charge on any atom is 0.229 e. The van der Waals surface area contributed by atoms with E-state index >= 15 is 0 Å². The summed E-state index contributed by atoms with van der Waals surface area (Å²) in [5, 5.41) is 8.68. The lowest BCUT2D eigenvalue weighted by atomic mass is 10.2. The Morgan fingerprint density at radius 2 is 1.52 bits per heavy atom. The van der Waals surface area contributed by atoms with Gasteiger partial charge in [0.15, 0.2) is 11.6 Å². The monoisotopic (exact) mass is 369 g/mol. The van der Waals surface area contributed by atoms with Gasteiger partial charge in [-0.3, -0.25) is 4.79 Å². The highest BCUT2D eigenvalue weighted by Crippen LogP contribution is 2.21. The van der Waals surface area contributed by atoms with Crippen molar-refractivity contribution in [1.82, 2.24) is 9.97 Å². The Hall–Kier alpha value is -3.55. The van der Waals surface area contributed by atoms with Crippen LogP contribution in [0, 0.1) is 18.6 Å². The molecule has 3 N–H and O–H groups in total. The highest BCUT2D eigenvalue weighted by Gasteiger charge is 2.07. The van der Waals surface area contributed by atoms with Gasteiger partial charge in [0.05, 0.1) is 0 Å². The zero-order valence-electron chi connectivity index (χ0n) is 14.7. The first kappa shape index (κ1) is 18.2. The lowest BCUT2D eigenvalue weighted by Crippen LogP contribution is -2.05. The largest absolute Gasteiger partial charge is 0.340 e. The molecule has 2 aromatic carbocycles. The van der Waals surface area contributed by atoms with Crippen LogP contribution in [-0.4, -0.2) is 15.9 Å². The first-order valence-corrected chi connectivity index (χ1v) is 8.11. The number of hydrogen-bond donors (Lipinski definition) is 3. The SMILES string of the molecule is CC(=O)Nc1ccc(Nc2cc(C)nc(Nc3ccc(F)c(F)c3)n2)cc1. The smallest absolute Gasteiger partial charge is 0.229 e. The van der Waals surface area contributed by atoms with Crippen molar-refractivity contribution >= 4 is 34.7 Å². The van der Waals surface area contributed by atoms with Crippen LogP contribution >= 0.6 is 0 Å². The number of halogens is 2. The molecule has 0 saturated heterocycles. The van der Waals surface area contributed by atoms with E-state index in [9.17, 15) is 13.6 Å². The molecule has 0 fully saturated rings. The molecule has 8 heteroatoms. The molecule has 0 atom stereocenters. The molecule has 0 radical (unpaired) electrons. The molecule has 1 aromatic heterocycles. The fourth-order valence-electron chi connectivity index (χ4n) is 2.38. The molecular formula is C19H17F2N5O. The molecule has 6 nitrogen and oxygen atoms in total. The van der Waals surface area contributed by atoms with Crippen molar-refractivity contribution in [3.8, 4) is 0 Å². The Morgan fingerprint density at radius 3 is 2.19 bits per heavy atom. The number of aromatic nitrogens is 2. The molecule has 0 aliphatic carbocycles. The number of amides is 1. The van der Waals surface area contributed by atoms with Gasteiger partial charge >= 0.3 is 0 Å². The first-order chi connectivity index (χ1) is 12.9. The molecule has 138 valence electrons. The van der Waals surface area contributed by atoms with Crippen LogP contribution in [0.4, 0.5) is 37.6 Å². The fraction of sp³-hybridized carbons (Fsp3) is 0.105. The number of hydrogen-bond acceptors (Lipinski definition) is 5. The average molecular weight is 369 g/mol. The third kappa shape index (κ3) is 4.97. The molecule has 0 spiro atoms. The third-order valence-corrected chi connectivity index (χ3v) is 3.51.